The number of nitrogens with one attached hydrogen (secondary N) is 3. The number of nitro benzene ring substituents is 1. The van der Waals surface area contributed by atoms with Crippen LogP contribution in [0.1, 0.15) is 18.1 Å². The first-order chi connectivity index (χ1) is 16.9. The molecule has 1 aromatic heterocycles. The van der Waals surface area contributed by atoms with E-state index in [4.69, 9.17) is 0 Å². The van der Waals surface area contributed by atoms with E-state index in [2.05, 4.69) is 52.0 Å². The molecule has 1 heterocycles. The highest BCUT2D eigenvalue weighted by Gasteiger charge is 2.10. The fourth-order valence-corrected chi connectivity index (χ4v) is 3.32. The van der Waals surface area contributed by atoms with Gasteiger partial charge in [0, 0.05) is 28.0 Å². The maximum atomic E-state index is 10.9. The highest BCUT2D eigenvalue weighted by atomic mass is 79.9. The first kappa shape index (κ1) is 23.8. The average Bonchev–Trinajstić information content (AvgIpc) is 2.85. The molecule has 0 fully saturated rings. The number of non-ortho nitro benzene ring substituents is 1. The van der Waals surface area contributed by atoms with E-state index in [1.807, 2.05) is 62.4 Å². The SMILES string of the molecule is CC(=NNc1nc(Nc2ccc([N+](=O)[O-])cc2)nc(Nc2ccccc2C)n1)c1ccc(Br)cc1. The molecule has 3 aromatic carbocycles. The van der Waals surface area contributed by atoms with E-state index in [1.54, 1.807) is 12.1 Å². The van der Waals surface area contributed by atoms with Gasteiger partial charge in [0.05, 0.1) is 10.6 Å². The first-order valence-corrected chi connectivity index (χ1v) is 11.3. The van der Waals surface area contributed by atoms with Gasteiger partial charge in [-0.15, -0.1) is 0 Å². The molecule has 0 saturated carbocycles. The van der Waals surface area contributed by atoms with Crippen molar-refractivity contribution in [3.63, 3.8) is 0 Å². The summed E-state index contributed by atoms with van der Waals surface area (Å²) in [6.45, 7) is 3.85. The van der Waals surface area contributed by atoms with E-state index in [9.17, 15) is 10.1 Å². The third-order valence-corrected chi connectivity index (χ3v) is 5.48. The Kier molecular flexibility index (Phi) is 7.27. The van der Waals surface area contributed by atoms with Crippen molar-refractivity contribution in [1.29, 1.82) is 0 Å². The zero-order valence-electron chi connectivity index (χ0n) is 18.9. The number of benzene rings is 3. The summed E-state index contributed by atoms with van der Waals surface area (Å²) in [5.41, 5.74) is 7.03. The van der Waals surface area contributed by atoms with Crippen molar-refractivity contribution in [2.75, 3.05) is 16.1 Å². The molecule has 0 saturated heterocycles. The van der Waals surface area contributed by atoms with Gasteiger partial charge in [-0.1, -0.05) is 46.3 Å². The zero-order chi connectivity index (χ0) is 24.8. The predicted octanol–water partition coefficient (Wildman–Crippen LogP) is 6.17. The molecule has 0 atom stereocenters. The second kappa shape index (κ2) is 10.7. The quantitative estimate of drug-likeness (QED) is 0.139. The summed E-state index contributed by atoms with van der Waals surface area (Å²) < 4.78 is 0.980. The Balaban J connectivity index is 1.62. The molecule has 0 amide bonds. The Labute approximate surface area is 209 Å². The lowest BCUT2D eigenvalue weighted by Gasteiger charge is -2.11. The van der Waals surface area contributed by atoms with Gasteiger partial charge < -0.3 is 10.6 Å². The second-order valence-electron chi connectivity index (χ2n) is 7.49. The molecule has 35 heavy (non-hydrogen) atoms. The molecule has 0 unspecified atom stereocenters. The average molecular weight is 533 g/mol. The predicted molar refractivity (Wildman–Crippen MR) is 141 cm³/mol. The highest BCUT2D eigenvalue weighted by molar-refractivity contribution is 9.10. The number of rotatable bonds is 8. The summed E-state index contributed by atoms with van der Waals surface area (Å²) >= 11 is 3.43. The molecule has 0 bridgehead atoms. The van der Waals surface area contributed by atoms with E-state index in [0.717, 1.165) is 27.0 Å². The molecule has 0 radical (unpaired) electrons. The van der Waals surface area contributed by atoms with Gasteiger partial charge in [0.25, 0.3) is 5.69 Å². The monoisotopic (exact) mass is 532 g/mol. The molecule has 0 aliphatic carbocycles. The van der Waals surface area contributed by atoms with Gasteiger partial charge in [-0.2, -0.15) is 20.1 Å². The lowest BCUT2D eigenvalue weighted by molar-refractivity contribution is -0.384. The maximum Gasteiger partial charge on any atom is 0.269 e. The molecule has 0 aliphatic heterocycles. The number of nitro groups is 1. The lowest BCUT2D eigenvalue weighted by Crippen LogP contribution is -2.08. The number of para-hydroxylation sites is 1. The van der Waals surface area contributed by atoms with Crippen molar-refractivity contribution < 1.29 is 4.92 Å². The summed E-state index contributed by atoms with van der Waals surface area (Å²) in [7, 11) is 0. The van der Waals surface area contributed by atoms with Crippen LogP contribution in [-0.4, -0.2) is 25.6 Å². The zero-order valence-corrected chi connectivity index (χ0v) is 20.4. The fourth-order valence-electron chi connectivity index (χ4n) is 3.06. The Morgan fingerprint density at radius 2 is 1.51 bits per heavy atom. The smallest absolute Gasteiger partial charge is 0.269 e. The Hall–Kier alpha value is -4.38. The van der Waals surface area contributed by atoms with Crippen molar-refractivity contribution >= 4 is 56.5 Å². The Morgan fingerprint density at radius 1 is 0.886 bits per heavy atom. The largest absolute Gasteiger partial charge is 0.324 e. The number of aromatic nitrogens is 3. The van der Waals surface area contributed by atoms with Crippen LogP contribution < -0.4 is 16.1 Å². The minimum atomic E-state index is -0.454. The minimum Gasteiger partial charge on any atom is -0.324 e. The van der Waals surface area contributed by atoms with Crippen molar-refractivity contribution in [2.24, 2.45) is 5.10 Å². The van der Waals surface area contributed by atoms with Crippen LogP contribution in [0, 0.1) is 17.0 Å². The fraction of sp³-hybridized carbons (Fsp3) is 0.0833. The summed E-state index contributed by atoms with van der Waals surface area (Å²) in [5, 5.41) is 21.6. The number of hydrogen-bond donors (Lipinski definition) is 3. The lowest BCUT2D eigenvalue weighted by atomic mass is 10.1. The molecular formula is C24H21BrN8O2. The number of anilines is 5. The standard InChI is InChI=1S/C24H21BrN8O2/c1-15-5-3-4-6-21(15)27-23-28-22(26-19-11-13-20(14-12-19)33(34)35)29-24(30-23)32-31-16(2)17-7-9-18(25)10-8-17/h3-14H,1-2H3,(H3,26,27,28,29,30,32). The number of nitrogens with zero attached hydrogens (tertiary/aromatic N) is 5. The summed E-state index contributed by atoms with van der Waals surface area (Å²) in [6.07, 6.45) is 0. The van der Waals surface area contributed by atoms with Crippen molar-refractivity contribution in [1.82, 2.24) is 15.0 Å². The van der Waals surface area contributed by atoms with E-state index in [0.29, 0.717) is 11.6 Å². The van der Waals surface area contributed by atoms with E-state index in [-0.39, 0.29) is 17.6 Å². The van der Waals surface area contributed by atoms with Gasteiger partial charge in [0.2, 0.25) is 17.8 Å². The minimum absolute atomic E-state index is 0.00628. The van der Waals surface area contributed by atoms with Gasteiger partial charge >= 0.3 is 0 Å². The molecule has 176 valence electrons. The third kappa shape index (κ3) is 6.36. The van der Waals surface area contributed by atoms with Crippen LogP contribution in [0.25, 0.3) is 0 Å². The molecular weight excluding hydrogens is 512 g/mol. The van der Waals surface area contributed by atoms with Crippen LogP contribution in [0.4, 0.5) is 34.9 Å². The molecule has 10 nitrogen and oxygen atoms in total. The maximum absolute atomic E-state index is 10.9. The van der Waals surface area contributed by atoms with Crippen molar-refractivity contribution in [2.45, 2.75) is 13.8 Å². The topological polar surface area (TPSA) is 130 Å². The summed E-state index contributed by atoms with van der Waals surface area (Å²) in [5.74, 6) is 0.763. The van der Waals surface area contributed by atoms with Crippen LogP contribution in [0.15, 0.2) is 82.4 Å². The Bertz CT molecular complexity index is 1380. The normalized spacial score (nSPS) is 11.1. The van der Waals surface area contributed by atoms with E-state index >= 15 is 0 Å². The highest BCUT2D eigenvalue weighted by Crippen LogP contribution is 2.22. The third-order valence-electron chi connectivity index (χ3n) is 4.95. The summed E-state index contributed by atoms with van der Waals surface area (Å²) in [6, 6.07) is 21.5. The molecule has 3 N–H and O–H groups in total. The molecule has 0 aliphatic rings. The number of hydrazone groups is 1. The van der Waals surface area contributed by atoms with Crippen LogP contribution in [-0.2, 0) is 0 Å². The van der Waals surface area contributed by atoms with Gasteiger partial charge in [-0.3, -0.25) is 10.1 Å². The van der Waals surface area contributed by atoms with Gasteiger partial charge in [-0.05, 0) is 55.3 Å². The molecule has 4 aromatic rings. The second-order valence-corrected chi connectivity index (χ2v) is 8.41. The number of aryl methyl sites for hydroxylation is 1. The number of hydrogen-bond acceptors (Lipinski definition) is 9. The summed E-state index contributed by atoms with van der Waals surface area (Å²) in [4.78, 5) is 23.8. The van der Waals surface area contributed by atoms with Crippen LogP contribution in [0.2, 0.25) is 0 Å². The van der Waals surface area contributed by atoms with Gasteiger partial charge in [0.1, 0.15) is 0 Å². The van der Waals surface area contributed by atoms with Crippen molar-refractivity contribution in [3.05, 3.63) is 98.5 Å². The van der Waals surface area contributed by atoms with Crippen LogP contribution >= 0.6 is 15.9 Å². The molecule has 0 spiro atoms. The van der Waals surface area contributed by atoms with E-state index < -0.39 is 4.92 Å². The van der Waals surface area contributed by atoms with E-state index in [1.165, 1.54) is 12.1 Å². The van der Waals surface area contributed by atoms with Crippen LogP contribution in [0.3, 0.4) is 0 Å². The molecule has 11 heteroatoms. The Morgan fingerprint density at radius 3 is 2.17 bits per heavy atom. The number of halogens is 1. The first-order valence-electron chi connectivity index (χ1n) is 10.5. The van der Waals surface area contributed by atoms with Gasteiger partial charge in [-0.25, -0.2) is 5.43 Å². The van der Waals surface area contributed by atoms with Crippen molar-refractivity contribution in [3.8, 4) is 0 Å². The molecule has 4 rings (SSSR count). The van der Waals surface area contributed by atoms with Crippen LogP contribution in [0.5, 0.6) is 0 Å². The van der Waals surface area contributed by atoms with Gasteiger partial charge in [0.15, 0.2) is 0 Å².